The van der Waals surface area contributed by atoms with Gasteiger partial charge in [-0.1, -0.05) is 27.7 Å². The highest BCUT2D eigenvalue weighted by molar-refractivity contribution is 5.97. The molecule has 5 rings (SSSR count). The number of carbonyl (C=O) groups is 4. The Labute approximate surface area is 188 Å². The van der Waals surface area contributed by atoms with Gasteiger partial charge < -0.3 is 14.6 Å². The van der Waals surface area contributed by atoms with Crippen LogP contribution in [0, 0.1) is 70.0 Å². The van der Waals surface area contributed by atoms with Crippen LogP contribution in [0.3, 0.4) is 0 Å². The second-order valence-electron chi connectivity index (χ2n) is 12.0. The summed E-state index contributed by atoms with van der Waals surface area (Å²) in [7, 11) is 1.41. The van der Waals surface area contributed by atoms with Gasteiger partial charge in [-0.3, -0.25) is 19.2 Å². The lowest BCUT2D eigenvalue weighted by Gasteiger charge is -2.50. The molecule has 1 N–H and O–H groups in total. The van der Waals surface area contributed by atoms with E-state index in [1.165, 1.54) is 7.11 Å². The molecule has 11 unspecified atom stereocenters. The van der Waals surface area contributed by atoms with E-state index in [1.54, 1.807) is 0 Å². The number of carboxylic acid groups (broad SMARTS) is 1. The molecular weight excluding hydrogens is 412 g/mol. The molecule has 0 amide bonds. The monoisotopic (exact) mass is 446 g/mol. The molecule has 1 saturated heterocycles. The Bertz CT molecular complexity index is 893. The molecule has 5 aliphatic rings. The lowest BCUT2D eigenvalue weighted by atomic mass is 9.51. The van der Waals surface area contributed by atoms with Crippen LogP contribution in [0.4, 0.5) is 0 Å². The third kappa shape index (κ3) is 2.54. The molecule has 0 aromatic heterocycles. The minimum atomic E-state index is -0.800. The van der Waals surface area contributed by atoms with Crippen LogP contribution >= 0.6 is 0 Å². The van der Waals surface area contributed by atoms with Crippen molar-refractivity contribution in [2.24, 2.45) is 70.0 Å². The van der Waals surface area contributed by atoms with Crippen molar-refractivity contribution in [3.63, 3.8) is 0 Å². The van der Waals surface area contributed by atoms with Crippen LogP contribution in [-0.4, -0.2) is 36.1 Å². The fraction of sp³-hybridized carbons (Fsp3) is 0.840. The fourth-order valence-electron chi connectivity index (χ4n) is 9.53. The first-order valence-corrected chi connectivity index (χ1v) is 12.0. The van der Waals surface area contributed by atoms with Crippen LogP contribution < -0.4 is 0 Å². The topological polar surface area (TPSA) is 107 Å². The zero-order valence-corrected chi connectivity index (χ0v) is 19.5. The summed E-state index contributed by atoms with van der Waals surface area (Å²) in [5, 5.41) is 9.84. The molecule has 1 heterocycles. The second-order valence-corrected chi connectivity index (χ2v) is 12.0. The number of esters is 3. The van der Waals surface area contributed by atoms with Crippen molar-refractivity contribution in [1.82, 2.24) is 0 Å². The van der Waals surface area contributed by atoms with Gasteiger partial charge in [0.2, 0.25) is 0 Å². The first-order valence-electron chi connectivity index (χ1n) is 12.0. The standard InChI is InChI=1S/C25H34O7/c1-10-11-6-13(20(26)27)16(8-11)25(10,4)19-17(22(29)32-23(19)30)18-12-7-14(21(28)31-5)15(9-12)24(18,2)3/h10-19H,6-9H2,1-5H3,(H,26,27). The molecule has 176 valence electrons. The fourth-order valence-corrected chi connectivity index (χ4v) is 9.53. The van der Waals surface area contributed by atoms with Crippen molar-refractivity contribution < 1.29 is 33.8 Å². The summed E-state index contributed by atoms with van der Waals surface area (Å²) in [5.74, 6) is -3.30. The number of cyclic esters (lactones) is 2. The normalized spacial score (nSPS) is 50.7. The van der Waals surface area contributed by atoms with E-state index in [9.17, 15) is 24.3 Å². The van der Waals surface area contributed by atoms with E-state index in [0.29, 0.717) is 12.8 Å². The highest BCUT2D eigenvalue weighted by Crippen LogP contribution is 2.71. The lowest BCUT2D eigenvalue weighted by Crippen LogP contribution is -2.52. The smallest absolute Gasteiger partial charge is 0.318 e. The van der Waals surface area contributed by atoms with Gasteiger partial charge in [-0.15, -0.1) is 0 Å². The first kappa shape index (κ1) is 21.9. The minimum Gasteiger partial charge on any atom is -0.481 e. The van der Waals surface area contributed by atoms with Gasteiger partial charge in [-0.05, 0) is 72.0 Å². The lowest BCUT2D eigenvalue weighted by molar-refractivity contribution is -0.158. The maximum Gasteiger partial charge on any atom is 0.318 e. The van der Waals surface area contributed by atoms with E-state index in [2.05, 4.69) is 20.8 Å². The van der Waals surface area contributed by atoms with Gasteiger partial charge in [-0.2, -0.15) is 0 Å². The molecule has 4 bridgehead atoms. The van der Waals surface area contributed by atoms with Gasteiger partial charge in [0.05, 0.1) is 30.8 Å². The first-order chi connectivity index (χ1) is 14.9. The Morgan fingerprint density at radius 3 is 2.16 bits per heavy atom. The van der Waals surface area contributed by atoms with Crippen LogP contribution in [0.1, 0.15) is 53.4 Å². The van der Waals surface area contributed by atoms with E-state index in [0.717, 1.165) is 12.8 Å². The molecule has 0 aromatic carbocycles. The Morgan fingerprint density at radius 1 is 0.969 bits per heavy atom. The number of fused-ring (bicyclic) bond motifs is 4. The van der Waals surface area contributed by atoms with Crippen molar-refractivity contribution in [3.05, 3.63) is 0 Å². The van der Waals surface area contributed by atoms with E-state index >= 15 is 0 Å². The van der Waals surface area contributed by atoms with Crippen molar-refractivity contribution in [3.8, 4) is 0 Å². The number of aliphatic carboxylic acids is 1. The third-order valence-electron chi connectivity index (χ3n) is 11.0. The number of rotatable bonds is 4. The Kier molecular flexibility index (Phi) is 4.65. The van der Waals surface area contributed by atoms with E-state index in [1.807, 2.05) is 6.92 Å². The Hall–Kier alpha value is -1.92. The SMILES string of the molecule is COC(=O)C1CC2CC1C(C)(C)C2C1C(=O)OC(=O)C1C1(C)C(C)C2CC(C(=O)O)C1C2. The average molecular weight is 447 g/mol. The predicted molar refractivity (Wildman–Crippen MR) is 112 cm³/mol. The number of hydrogen-bond donors (Lipinski definition) is 1. The summed E-state index contributed by atoms with van der Waals surface area (Å²) in [4.78, 5) is 50.8. The summed E-state index contributed by atoms with van der Waals surface area (Å²) in [6.07, 6.45) is 2.96. The Morgan fingerprint density at radius 2 is 1.59 bits per heavy atom. The van der Waals surface area contributed by atoms with Gasteiger partial charge in [0.25, 0.3) is 0 Å². The van der Waals surface area contributed by atoms with Gasteiger partial charge in [-0.25, -0.2) is 0 Å². The second kappa shape index (κ2) is 6.80. The maximum absolute atomic E-state index is 13.2. The van der Waals surface area contributed by atoms with Gasteiger partial charge in [0.15, 0.2) is 0 Å². The maximum atomic E-state index is 13.2. The summed E-state index contributed by atoms with van der Waals surface area (Å²) in [5.41, 5.74) is -0.905. The third-order valence-corrected chi connectivity index (χ3v) is 11.0. The molecule has 5 fully saturated rings. The van der Waals surface area contributed by atoms with Crippen LogP contribution in [0.25, 0.3) is 0 Å². The number of carbonyl (C=O) groups excluding carboxylic acids is 3. The number of carboxylic acids is 1. The van der Waals surface area contributed by atoms with E-state index in [4.69, 9.17) is 9.47 Å². The summed E-state index contributed by atoms with van der Waals surface area (Å²) < 4.78 is 10.3. The highest BCUT2D eigenvalue weighted by atomic mass is 16.6. The van der Waals surface area contributed by atoms with E-state index in [-0.39, 0.29) is 52.8 Å². The summed E-state index contributed by atoms with van der Waals surface area (Å²) >= 11 is 0. The summed E-state index contributed by atoms with van der Waals surface area (Å²) in [6.45, 7) is 8.37. The van der Waals surface area contributed by atoms with Crippen molar-refractivity contribution >= 4 is 23.9 Å². The van der Waals surface area contributed by atoms with Crippen molar-refractivity contribution in [2.75, 3.05) is 7.11 Å². The Balaban J connectivity index is 1.53. The average Bonchev–Trinajstić information content (AvgIpc) is 3.49. The molecule has 0 radical (unpaired) electrons. The van der Waals surface area contributed by atoms with Crippen molar-refractivity contribution in [2.45, 2.75) is 53.4 Å². The van der Waals surface area contributed by atoms with Crippen LogP contribution in [-0.2, 0) is 28.7 Å². The van der Waals surface area contributed by atoms with Crippen LogP contribution in [0.5, 0.6) is 0 Å². The molecule has 1 aliphatic heterocycles. The minimum absolute atomic E-state index is 0.0659. The van der Waals surface area contributed by atoms with Crippen molar-refractivity contribution in [1.29, 1.82) is 0 Å². The molecule has 4 aliphatic carbocycles. The quantitative estimate of drug-likeness (QED) is 0.522. The molecule has 32 heavy (non-hydrogen) atoms. The predicted octanol–water partition coefficient (Wildman–Crippen LogP) is 3.16. The summed E-state index contributed by atoms with van der Waals surface area (Å²) in [6, 6.07) is 0. The van der Waals surface area contributed by atoms with Crippen LogP contribution in [0.15, 0.2) is 0 Å². The molecular formula is C25H34O7. The molecule has 0 spiro atoms. The largest absolute Gasteiger partial charge is 0.481 e. The molecule has 0 aromatic rings. The van der Waals surface area contributed by atoms with Gasteiger partial charge >= 0.3 is 23.9 Å². The molecule has 7 heteroatoms. The number of ether oxygens (including phenoxy) is 2. The number of hydrogen-bond acceptors (Lipinski definition) is 6. The molecule has 4 saturated carbocycles. The number of methoxy groups -OCH3 is 1. The van der Waals surface area contributed by atoms with Gasteiger partial charge in [0, 0.05) is 0 Å². The van der Waals surface area contributed by atoms with E-state index < -0.39 is 41.1 Å². The zero-order chi connectivity index (χ0) is 23.3. The highest BCUT2D eigenvalue weighted by Gasteiger charge is 2.72. The molecule has 11 atom stereocenters. The zero-order valence-electron chi connectivity index (χ0n) is 19.5. The van der Waals surface area contributed by atoms with Crippen LogP contribution in [0.2, 0.25) is 0 Å². The molecule has 7 nitrogen and oxygen atoms in total. The van der Waals surface area contributed by atoms with Gasteiger partial charge in [0.1, 0.15) is 0 Å².